The van der Waals surface area contributed by atoms with Crippen LogP contribution in [0.4, 0.5) is 0 Å². The van der Waals surface area contributed by atoms with Crippen LogP contribution in [0.2, 0.25) is 5.02 Å². The van der Waals surface area contributed by atoms with Crippen LogP contribution in [0, 0.1) is 6.92 Å². The number of hydrogen-bond donors (Lipinski definition) is 2. The van der Waals surface area contributed by atoms with Gasteiger partial charge in [0.25, 0.3) is 5.91 Å². The van der Waals surface area contributed by atoms with Crippen LogP contribution in [0.5, 0.6) is 0 Å². The van der Waals surface area contributed by atoms with Crippen LogP contribution < -0.4 is 10.6 Å². The molecular formula is C13H17ClN2O. The summed E-state index contributed by atoms with van der Waals surface area (Å²) in [5.41, 5.74) is 1.62. The van der Waals surface area contributed by atoms with Gasteiger partial charge in [0, 0.05) is 23.2 Å². The van der Waals surface area contributed by atoms with Crippen molar-refractivity contribution in [2.75, 3.05) is 13.1 Å². The van der Waals surface area contributed by atoms with Crippen molar-refractivity contribution in [1.82, 2.24) is 10.6 Å². The minimum absolute atomic E-state index is 0.0411. The molecule has 0 aliphatic carbocycles. The topological polar surface area (TPSA) is 41.1 Å². The zero-order valence-corrected chi connectivity index (χ0v) is 10.7. The van der Waals surface area contributed by atoms with Gasteiger partial charge in [-0.1, -0.05) is 17.7 Å². The number of aryl methyl sites for hydroxylation is 1. The molecule has 0 saturated carbocycles. The number of hydrogen-bond acceptors (Lipinski definition) is 2. The van der Waals surface area contributed by atoms with Crippen molar-refractivity contribution in [3.63, 3.8) is 0 Å². The highest BCUT2D eigenvalue weighted by atomic mass is 35.5. The third-order valence-electron chi connectivity index (χ3n) is 3.07. The quantitative estimate of drug-likeness (QED) is 0.847. The summed E-state index contributed by atoms with van der Waals surface area (Å²) in [6.07, 6.45) is 2.15. The summed E-state index contributed by atoms with van der Waals surface area (Å²) in [6.45, 7) is 3.82. The Morgan fingerprint density at radius 1 is 1.53 bits per heavy atom. The third kappa shape index (κ3) is 3.20. The fourth-order valence-corrected chi connectivity index (χ4v) is 2.16. The number of amides is 1. The SMILES string of the molecule is Cc1ccc(C(=O)N[C@H]2CCCNC2)cc1Cl. The van der Waals surface area contributed by atoms with Gasteiger partial charge in [0.05, 0.1) is 0 Å². The molecule has 1 saturated heterocycles. The maximum atomic E-state index is 12.0. The van der Waals surface area contributed by atoms with Gasteiger partial charge in [0.1, 0.15) is 0 Å². The molecule has 0 aromatic heterocycles. The van der Waals surface area contributed by atoms with Crippen molar-refractivity contribution in [3.8, 4) is 0 Å². The Labute approximate surface area is 107 Å². The molecule has 4 heteroatoms. The second-order valence-corrected chi connectivity index (χ2v) is 4.89. The lowest BCUT2D eigenvalue weighted by Gasteiger charge is -2.23. The first kappa shape index (κ1) is 12.4. The first-order valence-corrected chi connectivity index (χ1v) is 6.32. The molecule has 1 amide bonds. The molecule has 2 N–H and O–H groups in total. The Bertz CT molecular complexity index is 414. The molecule has 1 aliphatic heterocycles. The first-order valence-electron chi connectivity index (χ1n) is 5.94. The number of piperidine rings is 1. The van der Waals surface area contributed by atoms with Crippen molar-refractivity contribution < 1.29 is 4.79 Å². The molecule has 92 valence electrons. The molecule has 0 bridgehead atoms. The molecule has 1 fully saturated rings. The zero-order valence-electron chi connectivity index (χ0n) is 9.92. The standard InChI is InChI=1S/C13H17ClN2O/c1-9-4-5-10(7-12(9)14)13(17)16-11-3-2-6-15-8-11/h4-5,7,11,15H,2-3,6,8H2,1H3,(H,16,17)/t11-/m0/s1. The van der Waals surface area contributed by atoms with Gasteiger partial charge in [0.15, 0.2) is 0 Å². The normalized spacial score (nSPS) is 20.0. The van der Waals surface area contributed by atoms with E-state index >= 15 is 0 Å². The third-order valence-corrected chi connectivity index (χ3v) is 3.47. The molecule has 3 nitrogen and oxygen atoms in total. The zero-order chi connectivity index (χ0) is 12.3. The van der Waals surface area contributed by atoms with Crippen LogP contribution in [0.3, 0.4) is 0 Å². The van der Waals surface area contributed by atoms with Crippen LogP contribution in [-0.2, 0) is 0 Å². The van der Waals surface area contributed by atoms with E-state index in [-0.39, 0.29) is 11.9 Å². The lowest BCUT2D eigenvalue weighted by Crippen LogP contribution is -2.45. The average Bonchev–Trinajstić information content (AvgIpc) is 2.34. The van der Waals surface area contributed by atoms with Crippen molar-refractivity contribution in [2.45, 2.75) is 25.8 Å². The van der Waals surface area contributed by atoms with Crippen LogP contribution in [0.1, 0.15) is 28.8 Å². The predicted molar refractivity (Wildman–Crippen MR) is 69.5 cm³/mol. The number of benzene rings is 1. The van der Waals surface area contributed by atoms with E-state index in [2.05, 4.69) is 10.6 Å². The fraction of sp³-hybridized carbons (Fsp3) is 0.462. The highest BCUT2D eigenvalue weighted by Crippen LogP contribution is 2.16. The van der Waals surface area contributed by atoms with E-state index in [1.165, 1.54) is 0 Å². The average molecular weight is 253 g/mol. The van der Waals surface area contributed by atoms with Crippen molar-refractivity contribution >= 4 is 17.5 Å². The maximum absolute atomic E-state index is 12.0. The summed E-state index contributed by atoms with van der Waals surface area (Å²) < 4.78 is 0. The van der Waals surface area contributed by atoms with Gasteiger partial charge in [-0.2, -0.15) is 0 Å². The minimum Gasteiger partial charge on any atom is -0.348 e. The van der Waals surface area contributed by atoms with Crippen LogP contribution in [0.15, 0.2) is 18.2 Å². The summed E-state index contributed by atoms with van der Waals surface area (Å²) in [5, 5.41) is 6.93. The summed E-state index contributed by atoms with van der Waals surface area (Å²) in [6, 6.07) is 5.64. The highest BCUT2D eigenvalue weighted by Gasteiger charge is 2.16. The van der Waals surface area contributed by atoms with Gasteiger partial charge >= 0.3 is 0 Å². The number of carbonyl (C=O) groups is 1. The van der Waals surface area contributed by atoms with Crippen LogP contribution >= 0.6 is 11.6 Å². The van der Waals surface area contributed by atoms with E-state index < -0.39 is 0 Å². The Kier molecular flexibility index (Phi) is 4.02. The number of nitrogens with one attached hydrogen (secondary N) is 2. The number of halogens is 1. The van der Waals surface area contributed by atoms with E-state index in [9.17, 15) is 4.79 Å². The molecular weight excluding hydrogens is 236 g/mol. The minimum atomic E-state index is -0.0411. The van der Waals surface area contributed by atoms with Gasteiger partial charge in [-0.3, -0.25) is 4.79 Å². The molecule has 0 unspecified atom stereocenters. The Morgan fingerprint density at radius 2 is 2.35 bits per heavy atom. The molecule has 1 aromatic rings. The van der Waals surface area contributed by atoms with Crippen molar-refractivity contribution in [2.24, 2.45) is 0 Å². The molecule has 1 heterocycles. The number of rotatable bonds is 2. The Balaban J connectivity index is 2.01. The van der Waals surface area contributed by atoms with Gasteiger partial charge in [-0.25, -0.2) is 0 Å². The van der Waals surface area contributed by atoms with Gasteiger partial charge in [-0.05, 0) is 44.0 Å². The lowest BCUT2D eigenvalue weighted by molar-refractivity contribution is 0.0930. The van der Waals surface area contributed by atoms with Gasteiger partial charge in [0.2, 0.25) is 0 Å². The lowest BCUT2D eigenvalue weighted by atomic mass is 10.1. The van der Waals surface area contributed by atoms with E-state index in [0.717, 1.165) is 31.5 Å². The molecule has 1 aliphatic rings. The molecule has 0 spiro atoms. The van der Waals surface area contributed by atoms with Gasteiger partial charge in [-0.15, -0.1) is 0 Å². The molecule has 1 aromatic carbocycles. The monoisotopic (exact) mass is 252 g/mol. The van der Waals surface area contributed by atoms with E-state index in [0.29, 0.717) is 10.6 Å². The fourth-order valence-electron chi connectivity index (χ4n) is 1.98. The second kappa shape index (κ2) is 5.52. The highest BCUT2D eigenvalue weighted by molar-refractivity contribution is 6.31. The van der Waals surface area contributed by atoms with Crippen LogP contribution in [0.25, 0.3) is 0 Å². The number of carbonyl (C=O) groups excluding carboxylic acids is 1. The smallest absolute Gasteiger partial charge is 0.251 e. The molecule has 1 atom stereocenters. The molecule has 0 radical (unpaired) electrons. The first-order chi connectivity index (χ1) is 8.16. The van der Waals surface area contributed by atoms with E-state index in [1.54, 1.807) is 6.07 Å². The van der Waals surface area contributed by atoms with E-state index in [1.807, 2.05) is 19.1 Å². The van der Waals surface area contributed by atoms with Crippen molar-refractivity contribution in [3.05, 3.63) is 34.3 Å². The van der Waals surface area contributed by atoms with Crippen LogP contribution in [-0.4, -0.2) is 25.0 Å². The Hall–Kier alpha value is -1.06. The largest absolute Gasteiger partial charge is 0.348 e. The van der Waals surface area contributed by atoms with E-state index in [4.69, 9.17) is 11.6 Å². The Morgan fingerprint density at radius 3 is 3.00 bits per heavy atom. The van der Waals surface area contributed by atoms with Crippen molar-refractivity contribution in [1.29, 1.82) is 0 Å². The predicted octanol–water partition coefficient (Wildman–Crippen LogP) is 2.13. The summed E-state index contributed by atoms with van der Waals surface area (Å²) in [4.78, 5) is 12.0. The molecule has 17 heavy (non-hydrogen) atoms. The van der Waals surface area contributed by atoms with Gasteiger partial charge < -0.3 is 10.6 Å². The summed E-state index contributed by atoms with van der Waals surface area (Å²) >= 11 is 6.01. The maximum Gasteiger partial charge on any atom is 0.251 e. The summed E-state index contributed by atoms with van der Waals surface area (Å²) in [5.74, 6) is -0.0411. The second-order valence-electron chi connectivity index (χ2n) is 4.48. The molecule has 2 rings (SSSR count). The summed E-state index contributed by atoms with van der Waals surface area (Å²) in [7, 11) is 0.